The quantitative estimate of drug-likeness (QED) is 0.746. The maximum absolute atomic E-state index is 12.0. The Labute approximate surface area is 123 Å². The highest BCUT2D eigenvalue weighted by atomic mass is 35.5. The molecule has 0 spiro atoms. The van der Waals surface area contributed by atoms with Gasteiger partial charge >= 0.3 is 6.03 Å². The number of nitrogens with one attached hydrogen (secondary N) is 2. The van der Waals surface area contributed by atoms with E-state index in [2.05, 4.69) is 10.6 Å². The Morgan fingerprint density at radius 3 is 2.35 bits per heavy atom. The second-order valence-corrected chi connectivity index (χ2v) is 5.33. The summed E-state index contributed by atoms with van der Waals surface area (Å²) in [5, 5.41) is 5.92. The molecular weight excluding hydrogens is 278 g/mol. The smallest absolute Gasteiger partial charge is 0.312 e. The molecule has 20 heavy (non-hydrogen) atoms. The van der Waals surface area contributed by atoms with E-state index in [1.807, 2.05) is 38.1 Å². The van der Waals surface area contributed by atoms with Gasteiger partial charge in [0.05, 0.1) is 0 Å². The Kier molecular flexibility index (Phi) is 6.31. The van der Waals surface area contributed by atoms with Crippen molar-refractivity contribution in [2.75, 3.05) is 6.54 Å². The van der Waals surface area contributed by atoms with Gasteiger partial charge in [0.1, 0.15) is 6.04 Å². The second kappa shape index (κ2) is 7.75. The van der Waals surface area contributed by atoms with Crippen LogP contribution in [0, 0.1) is 5.92 Å². The molecule has 0 bridgehead atoms. The summed E-state index contributed by atoms with van der Waals surface area (Å²) in [6.07, 6.45) is 0.699. The van der Waals surface area contributed by atoms with Crippen molar-refractivity contribution in [1.82, 2.24) is 10.6 Å². The molecule has 0 radical (unpaired) electrons. The fourth-order valence-electron chi connectivity index (χ4n) is 1.78. The zero-order valence-corrected chi connectivity index (χ0v) is 12.4. The van der Waals surface area contributed by atoms with Crippen LogP contribution < -0.4 is 16.4 Å². The van der Waals surface area contributed by atoms with Gasteiger partial charge in [0, 0.05) is 11.6 Å². The molecule has 0 saturated carbocycles. The fourth-order valence-corrected chi connectivity index (χ4v) is 1.91. The maximum atomic E-state index is 12.0. The molecule has 0 aromatic heterocycles. The third-order valence-electron chi connectivity index (χ3n) is 2.87. The average Bonchev–Trinajstić information content (AvgIpc) is 2.37. The molecule has 0 aliphatic rings. The molecule has 0 unspecified atom stereocenters. The molecule has 4 N–H and O–H groups in total. The number of nitrogens with two attached hydrogens (primary N) is 1. The number of halogens is 1. The number of carbonyl (C=O) groups excluding carboxylic acids is 2. The molecule has 0 aliphatic heterocycles. The van der Waals surface area contributed by atoms with Crippen LogP contribution in [0.1, 0.15) is 19.4 Å². The first kappa shape index (κ1) is 16.3. The standard InChI is InChI=1S/C14H20ClN3O2/c1-9(2)12(18-14(16)20)13(19)17-8-7-10-3-5-11(15)6-4-10/h3-6,9,12H,7-8H2,1-2H3,(H,17,19)(H3,16,18,20)/t12-/m1/s1. The normalized spacial score (nSPS) is 12.0. The Hall–Kier alpha value is -1.75. The van der Waals surface area contributed by atoms with E-state index in [9.17, 15) is 9.59 Å². The summed E-state index contributed by atoms with van der Waals surface area (Å²) in [4.78, 5) is 22.8. The summed E-state index contributed by atoms with van der Waals surface area (Å²) in [5.74, 6) is -0.259. The number of carbonyl (C=O) groups is 2. The van der Waals surface area contributed by atoms with E-state index in [0.717, 1.165) is 5.56 Å². The molecule has 1 aromatic carbocycles. The minimum absolute atomic E-state index is 0.0296. The molecule has 3 amide bonds. The minimum atomic E-state index is -0.698. The lowest BCUT2D eigenvalue weighted by molar-refractivity contribution is -0.123. The molecule has 5 nitrogen and oxygen atoms in total. The van der Waals surface area contributed by atoms with Gasteiger partial charge in [-0.15, -0.1) is 0 Å². The fraction of sp³-hybridized carbons (Fsp3) is 0.429. The van der Waals surface area contributed by atoms with Crippen molar-refractivity contribution >= 4 is 23.5 Å². The van der Waals surface area contributed by atoms with E-state index in [-0.39, 0.29) is 11.8 Å². The number of rotatable bonds is 6. The van der Waals surface area contributed by atoms with Gasteiger partial charge in [-0.25, -0.2) is 4.79 Å². The number of benzene rings is 1. The van der Waals surface area contributed by atoms with Gasteiger partial charge in [0.15, 0.2) is 0 Å². The van der Waals surface area contributed by atoms with Gasteiger partial charge in [-0.05, 0) is 30.0 Å². The largest absolute Gasteiger partial charge is 0.354 e. The Morgan fingerprint density at radius 2 is 1.85 bits per heavy atom. The highest BCUT2D eigenvalue weighted by Gasteiger charge is 2.22. The molecule has 0 fully saturated rings. The average molecular weight is 298 g/mol. The Balaban J connectivity index is 2.44. The molecule has 0 aliphatic carbocycles. The summed E-state index contributed by atoms with van der Waals surface area (Å²) in [5.41, 5.74) is 6.14. The van der Waals surface area contributed by atoms with Gasteiger partial charge in [0.25, 0.3) is 0 Å². The van der Waals surface area contributed by atoms with E-state index >= 15 is 0 Å². The van der Waals surface area contributed by atoms with Crippen molar-refractivity contribution in [3.05, 3.63) is 34.9 Å². The highest BCUT2D eigenvalue weighted by Crippen LogP contribution is 2.09. The van der Waals surface area contributed by atoms with E-state index in [1.165, 1.54) is 0 Å². The van der Waals surface area contributed by atoms with Crippen LogP contribution in [0.4, 0.5) is 4.79 Å². The number of primary amides is 1. The molecule has 0 heterocycles. The van der Waals surface area contributed by atoms with Crippen LogP contribution in [0.15, 0.2) is 24.3 Å². The highest BCUT2D eigenvalue weighted by molar-refractivity contribution is 6.30. The van der Waals surface area contributed by atoms with Crippen LogP contribution in [0.2, 0.25) is 5.02 Å². The summed E-state index contributed by atoms with van der Waals surface area (Å²) in [7, 11) is 0. The van der Waals surface area contributed by atoms with Gasteiger partial charge in [-0.2, -0.15) is 0 Å². The van der Waals surface area contributed by atoms with E-state index < -0.39 is 12.1 Å². The van der Waals surface area contributed by atoms with Gasteiger partial charge < -0.3 is 16.4 Å². The molecule has 0 saturated heterocycles. The number of hydrogen-bond donors (Lipinski definition) is 3. The van der Waals surface area contributed by atoms with Crippen molar-refractivity contribution in [2.45, 2.75) is 26.3 Å². The van der Waals surface area contributed by atoms with Crippen molar-refractivity contribution in [2.24, 2.45) is 11.7 Å². The number of hydrogen-bond acceptors (Lipinski definition) is 2. The van der Waals surface area contributed by atoms with Crippen LogP contribution in [0.5, 0.6) is 0 Å². The molecule has 6 heteroatoms. The van der Waals surface area contributed by atoms with Gasteiger partial charge in [0.2, 0.25) is 5.91 Å². The molecular formula is C14H20ClN3O2. The first-order chi connectivity index (χ1) is 9.40. The van der Waals surface area contributed by atoms with Crippen LogP contribution in [-0.4, -0.2) is 24.5 Å². The first-order valence-electron chi connectivity index (χ1n) is 6.48. The first-order valence-corrected chi connectivity index (χ1v) is 6.86. The lowest BCUT2D eigenvalue weighted by Crippen LogP contribution is -2.51. The second-order valence-electron chi connectivity index (χ2n) is 4.90. The zero-order valence-electron chi connectivity index (χ0n) is 11.7. The summed E-state index contributed by atoms with van der Waals surface area (Å²) < 4.78 is 0. The topological polar surface area (TPSA) is 84.2 Å². The van der Waals surface area contributed by atoms with Crippen LogP contribution in [0.3, 0.4) is 0 Å². The monoisotopic (exact) mass is 297 g/mol. The van der Waals surface area contributed by atoms with Crippen molar-refractivity contribution < 1.29 is 9.59 Å². The molecule has 1 rings (SSSR count). The van der Waals surface area contributed by atoms with Crippen LogP contribution in [-0.2, 0) is 11.2 Å². The SMILES string of the molecule is CC(C)[C@@H](NC(N)=O)C(=O)NCCc1ccc(Cl)cc1. The van der Waals surface area contributed by atoms with Crippen molar-refractivity contribution in [3.8, 4) is 0 Å². The third-order valence-corrected chi connectivity index (χ3v) is 3.13. The minimum Gasteiger partial charge on any atom is -0.354 e. The number of amides is 3. The summed E-state index contributed by atoms with van der Waals surface area (Å²) in [6.45, 7) is 4.18. The maximum Gasteiger partial charge on any atom is 0.312 e. The summed E-state index contributed by atoms with van der Waals surface area (Å²) in [6, 6.07) is 6.13. The van der Waals surface area contributed by atoms with Crippen molar-refractivity contribution in [1.29, 1.82) is 0 Å². The van der Waals surface area contributed by atoms with Crippen LogP contribution in [0.25, 0.3) is 0 Å². The lowest BCUT2D eigenvalue weighted by atomic mass is 10.0. The predicted octanol–water partition coefficient (Wildman–Crippen LogP) is 1.69. The van der Waals surface area contributed by atoms with Crippen molar-refractivity contribution in [3.63, 3.8) is 0 Å². The molecule has 1 atom stereocenters. The van der Waals surface area contributed by atoms with E-state index in [0.29, 0.717) is 18.0 Å². The van der Waals surface area contributed by atoms with Gasteiger partial charge in [-0.1, -0.05) is 37.6 Å². The summed E-state index contributed by atoms with van der Waals surface area (Å²) >= 11 is 5.80. The van der Waals surface area contributed by atoms with Crippen LogP contribution >= 0.6 is 11.6 Å². The van der Waals surface area contributed by atoms with E-state index in [4.69, 9.17) is 17.3 Å². The zero-order chi connectivity index (χ0) is 15.1. The third kappa shape index (κ3) is 5.48. The molecule has 1 aromatic rings. The van der Waals surface area contributed by atoms with E-state index in [1.54, 1.807) is 0 Å². The Bertz CT molecular complexity index is 460. The molecule has 110 valence electrons. The van der Waals surface area contributed by atoms with Gasteiger partial charge in [-0.3, -0.25) is 4.79 Å². The Morgan fingerprint density at radius 1 is 1.25 bits per heavy atom. The number of urea groups is 1. The predicted molar refractivity (Wildman–Crippen MR) is 79.5 cm³/mol. The lowest BCUT2D eigenvalue weighted by Gasteiger charge is -2.20.